The second-order valence-electron chi connectivity index (χ2n) is 5.08. The molecule has 1 aromatic rings. The van der Waals surface area contributed by atoms with Crippen LogP contribution in [0.5, 0.6) is 0 Å². The molecule has 1 aliphatic rings. The molecule has 1 amide bonds. The number of piperidine rings is 1. The van der Waals surface area contributed by atoms with E-state index in [1.807, 2.05) is 18.0 Å². The highest BCUT2D eigenvalue weighted by molar-refractivity contribution is 6.31. The molecule has 1 aromatic carbocycles. The van der Waals surface area contributed by atoms with Crippen LogP contribution >= 0.6 is 11.6 Å². The molecule has 0 aromatic heterocycles. The Labute approximate surface area is 119 Å². The molecule has 1 aliphatic heterocycles. The molecule has 1 heterocycles. The number of nitrogens with zero attached hydrogens (tertiary/aromatic N) is 1. The number of likely N-dealkylation sites (tertiary alicyclic amines) is 1. The van der Waals surface area contributed by atoms with Gasteiger partial charge in [0.05, 0.1) is 5.56 Å². The van der Waals surface area contributed by atoms with Crippen LogP contribution in [0.25, 0.3) is 0 Å². The lowest BCUT2D eigenvalue weighted by molar-refractivity contribution is 0.0690. The van der Waals surface area contributed by atoms with Gasteiger partial charge in [0.2, 0.25) is 0 Å². The summed E-state index contributed by atoms with van der Waals surface area (Å²) in [7, 11) is 1.82. The van der Waals surface area contributed by atoms with Crippen molar-refractivity contribution in [1.29, 1.82) is 0 Å². The van der Waals surface area contributed by atoms with Crippen molar-refractivity contribution in [2.75, 3.05) is 25.5 Å². The number of benzene rings is 1. The number of hydrogen-bond acceptors (Lipinski definition) is 2. The van der Waals surface area contributed by atoms with E-state index < -0.39 is 0 Å². The van der Waals surface area contributed by atoms with E-state index in [4.69, 9.17) is 11.6 Å². The van der Waals surface area contributed by atoms with Crippen molar-refractivity contribution in [3.63, 3.8) is 0 Å². The fourth-order valence-corrected chi connectivity index (χ4v) is 2.80. The van der Waals surface area contributed by atoms with Crippen LogP contribution in [0.1, 0.15) is 36.5 Å². The Bertz CT molecular complexity index is 453. The molecular formula is C15H21ClN2O. The molecule has 1 saturated heterocycles. The van der Waals surface area contributed by atoms with E-state index >= 15 is 0 Å². The number of carbonyl (C=O) groups is 1. The standard InChI is InChI=1S/C15H21ClN2O/c1-3-11-6-8-18(9-7-11)15(19)13-10-12(16)4-5-14(13)17-2/h4-5,10-11,17H,3,6-9H2,1-2H3. The third kappa shape index (κ3) is 3.21. The van der Waals surface area contributed by atoms with Gasteiger partial charge in [-0.3, -0.25) is 4.79 Å². The summed E-state index contributed by atoms with van der Waals surface area (Å²) in [5.41, 5.74) is 1.51. The Morgan fingerprint density at radius 1 is 1.42 bits per heavy atom. The molecule has 3 nitrogen and oxygen atoms in total. The van der Waals surface area contributed by atoms with Crippen molar-refractivity contribution < 1.29 is 4.79 Å². The zero-order valence-corrected chi connectivity index (χ0v) is 12.3. The second-order valence-corrected chi connectivity index (χ2v) is 5.52. The lowest BCUT2D eigenvalue weighted by Gasteiger charge is -2.32. The number of nitrogens with one attached hydrogen (secondary N) is 1. The minimum Gasteiger partial charge on any atom is -0.387 e. The van der Waals surface area contributed by atoms with Gasteiger partial charge in [0.15, 0.2) is 0 Å². The van der Waals surface area contributed by atoms with Gasteiger partial charge in [-0.05, 0) is 37.0 Å². The lowest BCUT2D eigenvalue weighted by atomic mass is 9.94. The molecule has 19 heavy (non-hydrogen) atoms. The molecule has 0 spiro atoms. The van der Waals surface area contributed by atoms with Gasteiger partial charge < -0.3 is 10.2 Å². The Hall–Kier alpha value is -1.22. The first-order chi connectivity index (χ1) is 9.15. The van der Waals surface area contributed by atoms with Crippen LogP contribution < -0.4 is 5.32 Å². The van der Waals surface area contributed by atoms with Crippen LogP contribution in [0.2, 0.25) is 5.02 Å². The molecule has 0 bridgehead atoms. The molecule has 0 aliphatic carbocycles. The van der Waals surface area contributed by atoms with Gasteiger partial charge in [0, 0.05) is 30.8 Å². The van der Waals surface area contributed by atoms with Crippen LogP contribution in [0.4, 0.5) is 5.69 Å². The molecule has 0 saturated carbocycles. The maximum absolute atomic E-state index is 12.6. The Balaban J connectivity index is 2.14. The summed E-state index contributed by atoms with van der Waals surface area (Å²) in [6, 6.07) is 5.41. The minimum atomic E-state index is 0.0846. The van der Waals surface area contributed by atoms with Crippen molar-refractivity contribution in [3.05, 3.63) is 28.8 Å². The van der Waals surface area contributed by atoms with Crippen molar-refractivity contribution in [2.45, 2.75) is 26.2 Å². The summed E-state index contributed by atoms with van der Waals surface area (Å²) in [4.78, 5) is 14.5. The van der Waals surface area contributed by atoms with Crippen molar-refractivity contribution >= 4 is 23.2 Å². The maximum Gasteiger partial charge on any atom is 0.256 e. The average molecular weight is 281 g/mol. The predicted molar refractivity (Wildman–Crippen MR) is 79.9 cm³/mol. The molecular weight excluding hydrogens is 260 g/mol. The van der Waals surface area contributed by atoms with Crippen molar-refractivity contribution in [3.8, 4) is 0 Å². The molecule has 2 rings (SSSR count). The van der Waals surface area contributed by atoms with E-state index in [0.29, 0.717) is 10.6 Å². The number of anilines is 1. The number of carbonyl (C=O) groups excluding carboxylic acids is 1. The van der Waals surface area contributed by atoms with E-state index in [1.54, 1.807) is 12.1 Å². The van der Waals surface area contributed by atoms with Crippen molar-refractivity contribution in [1.82, 2.24) is 4.90 Å². The number of amides is 1. The van der Waals surface area contributed by atoms with E-state index in [2.05, 4.69) is 12.2 Å². The fourth-order valence-electron chi connectivity index (χ4n) is 2.63. The first-order valence-corrected chi connectivity index (χ1v) is 7.30. The summed E-state index contributed by atoms with van der Waals surface area (Å²) in [6.45, 7) is 3.93. The second kappa shape index (κ2) is 6.29. The van der Waals surface area contributed by atoms with Gasteiger partial charge in [0.25, 0.3) is 5.91 Å². The Morgan fingerprint density at radius 3 is 2.68 bits per heavy atom. The van der Waals surface area contributed by atoms with Crippen LogP contribution in [-0.4, -0.2) is 30.9 Å². The Morgan fingerprint density at radius 2 is 2.11 bits per heavy atom. The van der Waals surface area contributed by atoms with Crippen LogP contribution in [-0.2, 0) is 0 Å². The normalized spacial score (nSPS) is 16.5. The van der Waals surface area contributed by atoms with E-state index in [0.717, 1.165) is 37.5 Å². The first kappa shape index (κ1) is 14.2. The van der Waals surface area contributed by atoms with Crippen molar-refractivity contribution in [2.24, 2.45) is 5.92 Å². The monoisotopic (exact) mass is 280 g/mol. The van der Waals surface area contributed by atoms with Crippen LogP contribution in [0.3, 0.4) is 0 Å². The topological polar surface area (TPSA) is 32.3 Å². The van der Waals surface area contributed by atoms with Crippen LogP contribution in [0.15, 0.2) is 18.2 Å². The summed E-state index contributed by atoms with van der Waals surface area (Å²) in [5.74, 6) is 0.855. The number of rotatable bonds is 3. The highest BCUT2D eigenvalue weighted by atomic mass is 35.5. The number of hydrogen-bond donors (Lipinski definition) is 1. The van der Waals surface area contributed by atoms with Gasteiger partial charge in [-0.1, -0.05) is 24.9 Å². The highest BCUT2D eigenvalue weighted by Crippen LogP contribution is 2.25. The largest absolute Gasteiger partial charge is 0.387 e. The zero-order chi connectivity index (χ0) is 13.8. The predicted octanol–water partition coefficient (Wildman–Crippen LogP) is 3.64. The third-order valence-corrected chi connectivity index (χ3v) is 4.20. The fraction of sp³-hybridized carbons (Fsp3) is 0.533. The van der Waals surface area contributed by atoms with Gasteiger partial charge in [-0.2, -0.15) is 0 Å². The van der Waals surface area contributed by atoms with E-state index in [9.17, 15) is 4.79 Å². The quantitative estimate of drug-likeness (QED) is 0.917. The molecule has 1 N–H and O–H groups in total. The molecule has 104 valence electrons. The highest BCUT2D eigenvalue weighted by Gasteiger charge is 2.24. The average Bonchev–Trinajstić information content (AvgIpc) is 2.46. The molecule has 0 atom stereocenters. The Kier molecular flexibility index (Phi) is 4.70. The summed E-state index contributed by atoms with van der Waals surface area (Å²) >= 11 is 6.00. The van der Waals surface area contributed by atoms with Crippen LogP contribution in [0, 0.1) is 5.92 Å². The SMILES string of the molecule is CCC1CCN(C(=O)c2cc(Cl)ccc2NC)CC1. The molecule has 1 fully saturated rings. The zero-order valence-electron chi connectivity index (χ0n) is 11.6. The summed E-state index contributed by atoms with van der Waals surface area (Å²) in [5, 5.41) is 3.66. The van der Waals surface area contributed by atoms with Gasteiger partial charge in [-0.15, -0.1) is 0 Å². The molecule has 4 heteroatoms. The summed E-state index contributed by atoms with van der Waals surface area (Å²) in [6.07, 6.45) is 3.43. The van der Waals surface area contributed by atoms with Gasteiger partial charge in [0.1, 0.15) is 0 Å². The molecule has 0 unspecified atom stereocenters. The third-order valence-electron chi connectivity index (χ3n) is 3.96. The summed E-state index contributed by atoms with van der Waals surface area (Å²) < 4.78 is 0. The maximum atomic E-state index is 12.6. The van der Waals surface area contributed by atoms with Gasteiger partial charge >= 0.3 is 0 Å². The van der Waals surface area contributed by atoms with E-state index in [1.165, 1.54) is 6.42 Å². The van der Waals surface area contributed by atoms with Gasteiger partial charge in [-0.25, -0.2) is 0 Å². The smallest absolute Gasteiger partial charge is 0.256 e. The first-order valence-electron chi connectivity index (χ1n) is 6.92. The van der Waals surface area contributed by atoms with E-state index in [-0.39, 0.29) is 5.91 Å². The lowest BCUT2D eigenvalue weighted by Crippen LogP contribution is -2.38. The number of halogens is 1. The molecule has 0 radical (unpaired) electrons. The minimum absolute atomic E-state index is 0.0846.